The molecule has 5 nitrogen and oxygen atoms in total. The fourth-order valence-electron chi connectivity index (χ4n) is 4.14. The van der Waals surface area contributed by atoms with Crippen LogP contribution in [0.15, 0.2) is 78.4 Å². The molecule has 1 aliphatic heterocycles. The number of fused-ring (bicyclic) bond motifs is 1. The second-order valence-corrected chi connectivity index (χ2v) is 8.24. The van der Waals surface area contributed by atoms with Crippen molar-refractivity contribution < 1.29 is 19.4 Å². The highest BCUT2D eigenvalue weighted by atomic mass is 16.5. The van der Waals surface area contributed by atoms with Gasteiger partial charge in [-0.3, -0.25) is 9.59 Å². The maximum Gasteiger partial charge on any atom is 0.295 e. The SMILES string of the molecule is CC(C)OCCCN1C(=O)C(=O)/C(=C(\O)c2ccc3ccccc3c2)C1c1ccccc1. The van der Waals surface area contributed by atoms with Crippen molar-refractivity contribution in [1.29, 1.82) is 0 Å². The zero-order chi connectivity index (χ0) is 22.7. The molecule has 32 heavy (non-hydrogen) atoms. The van der Waals surface area contributed by atoms with Gasteiger partial charge in [-0.2, -0.15) is 0 Å². The Kier molecular flexibility index (Phi) is 6.37. The molecular formula is C27H27NO4. The lowest BCUT2D eigenvalue weighted by Crippen LogP contribution is -2.31. The van der Waals surface area contributed by atoms with E-state index in [2.05, 4.69) is 0 Å². The molecule has 0 saturated carbocycles. The molecule has 3 aromatic rings. The largest absolute Gasteiger partial charge is 0.507 e. The number of likely N-dealkylation sites (tertiary alicyclic amines) is 1. The summed E-state index contributed by atoms with van der Waals surface area (Å²) in [5.74, 6) is -1.40. The number of nitrogens with zero attached hydrogens (tertiary/aromatic N) is 1. The van der Waals surface area contributed by atoms with Crippen LogP contribution in [0.25, 0.3) is 16.5 Å². The van der Waals surface area contributed by atoms with Crippen LogP contribution in [0, 0.1) is 0 Å². The molecule has 1 amide bonds. The van der Waals surface area contributed by atoms with E-state index in [0.717, 1.165) is 16.3 Å². The van der Waals surface area contributed by atoms with E-state index in [1.807, 2.05) is 80.6 Å². The number of carbonyl (C=O) groups excluding carboxylic acids is 2. The third kappa shape index (κ3) is 4.30. The highest BCUT2D eigenvalue weighted by Gasteiger charge is 2.45. The van der Waals surface area contributed by atoms with Crippen LogP contribution in [-0.2, 0) is 14.3 Å². The first kappa shape index (κ1) is 21.8. The molecule has 0 aromatic heterocycles. The van der Waals surface area contributed by atoms with E-state index in [1.165, 1.54) is 0 Å². The van der Waals surface area contributed by atoms with E-state index in [0.29, 0.717) is 25.1 Å². The number of amides is 1. The van der Waals surface area contributed by atoms with E-state index < -0.39 is 17.7 Å². The molecule has 0 aliphatic carbocycles. The lowest BCUT2D eigenvalue weighted by molar-refractivity contribution is -0.140. The third-order valence-corrected chi connectivity index (χ3v) is 5.67. The van der Waals surface area contributed by atoms with Gasteiger partial charge in [0.05, 0.1) is 17.7 Å². The average molecular weight is 430 g/mol. The van der Waals surface area contributed by atoms with E-state index in [4.69, 9.17) is 4.74 Å². The number of hydrogen-bond donors (Lipinski definition) is 1. The van der Waals surface area contributed by atoms with Crippen LogP contribution in [0.4, 0.5) is 0 Å². The number of rotatable bonds is 7. The van der Waals surface area contributed by atoms with E-state index >= 15 is 0 Å². The number of aliphatic hydroxyl groups excluding tert-OH is 1. The Bertz CT molecular complexity index is 1170. The lowest BCUT2D eigenvalue weighted by atomic mass is 9.94. The molecule has 164 valence electrons. The summed E-state index contributed by atoms with van der Waals surface area (Å²) in [6, 6.07) is 22.1. The van der Waals surface area contributed by atoms with Crippen molar-refractivity contribution in [2.75, 3.05) is 13.2 Å². The number of Topliss-reactive ketones (excluding diaryl/α,β-unsaturated/α-hetero) is 1. The van der Waals surface area contributed by atoms with E-state index in [9.17, 15) is 14.7 Å². The molecule has 1 fully saturated rings. The molecule has 1 heterocycles. The highest BCUT2D eigenvalue weighted by molar-refractivity contribution is 6.46. The van der Waals surface area contributed by atoms with Crippen LogP contribution in [0.5, 0.6) is 0 Å². The fraction of sp³-hybridized carbons (Fsp3) is 0.259. The Morgan fingerprint density at radius 2 is 1.66 bits per heavy atom. The van der Waals surface area contributed by atoms with Crippen LogP contribution in [0.1, 0.15) is 37.4 Å². The summed E-state index contributed by atoms with van der Waals surface area (Å²) in [6.45, 7) is 4.78. The van der Waals surface area contributed by atoms with Gasteiger partial charge in [0.15, 0.2) is 0 Å². The maximum atomic E-state index is 13.1. The van der Waals surface area contributed by atoms with Gasteiger partial charge in [-0.1, -0.05) is 66.7 Å². The molecule has 1 saturated heterocycles. The molecule has 1 unspecified atom stereocenters. The number of ketones is 1. The molecule has 0 spiro atoms. The van der Waals surface area contributed by atoms with Crippen molar-refractivity contribution in [3.8, 4) is 0 Å². The summed E-state index contributed by atoms with van der Waals surface area (Å²) in [7, 11) is 0. The van der Waals surface area contributed by atoms with Crippen molar-refractivity contribution in [2.24, 2.45) is 0 Å². The minimum absolute atomic E-state index is 0.100. The summed E-state index contributed by atoms with van der Waals surface area (Å²) in [4.78, 5) is 27.6. The molecule has 3 aromatic carbocycles. The van der Waals surface area contributed by atoms with Crippen LogP contribution >= 0.6 is 0 Å². The van der Waals surface area contributed by atoms with Gasteiger partial charge in [-0.15, -0.1) is 0 Å². The Hall–Kier alpha value is -3.44. The molecule has 1 aliphatic rings. The van der Waals surface area contributed by atoms with Gasteiger partial charge >= 0.3 is 0 Å². The predicted octanol–water partition coefficient (Wildman–Crippen LogP) is 5.08. The van der Waals surface area contributed by atoms with E-state index in [1.54, 1.807) is 11.0 Å². The minimum Gasteiger partial charge on any atom is -0.507 e. The maximum absolute atomic E-state index is 13.1. The number of benzene rings is 3. The molecule has 0 radical (unpaired) electrons. The second-order valence-electron chi connectivity index (χ2n) is 8.24. The zero-order valence-corrected chi connectivity index (χ0v) is 18.3. The standard InChI is InChI=1S/C27H27NO4/c1-18(2)32-16-8-15-28-24(20-10-4-3-5-11-20)23(26(30)27(28)31)25(29)22-14-13-19-9-6-7-12-21(19)17-22/h3-7,9-14,17-18,24,29H,8,15-16H2,1-2H3/b25-23-. The second kappa shape index (κ2) is 9.37. The van der Waals surface area contributed by atoms with Crippen LogP contribution in [-0.4, -0.2) is 41.0 Å². The Balaban J connectivity index is 1.75. The van der Waals surface area contributed by atoms with Crippen molar-refractivity contribution in [2.45, 2.75) is 32.4 Å². The average Bonchev–Trinajstić information content (AvgIpc) is 3.06. The zero-order valence-electron chi connectivity index (χ0n) is 18.3. The third-order valence-electron chi connectivity index (χ3n) is 5.67. The number of ether oxygens (including phenoxy) is 1. The molecule has 1 atom stereocenters. The van der Waals surface area contributed by atoms with Gasteiger partial charge < -0.3 is 14.7 Å². The van der Waals surface area contributed by atoms with E-state index in [-0.39, 0.29) is 17.4 Å². The minimum atomic E-state index is -0.658. The molecule has 1 N–H and O–H groups in total. The summed E-state index contributed by atoms with van der Waals surface area (Å²) in [6.07, 6.45) is 0.702. The Labute approximate surface area is 187 Å². The molecule has 4 rings (SSSR count). The van der Waals surface area contributed by atoms with Crippen LogP contribution in [0.2, 0.25) is 0 Å². The number of hydrogen-bond acceptors (Lipinski definition) is 4. The summed E-state index contributed by atoms with van der Waals surface area (Å²) >= 11 is 0. The Morgan fingerprint density at radius 1 is 0.969 bits per heavy atom. The number of carbonyl (C=O) groups is 2. The highest BCUT2D eigenvalue weighted by Crippen LogP contribution is 2.39. The van der Waals surface area contributed by atoms with Gasteiger partial charge in [0.2, 0.25) is 0 Å². The smallest absolute Gasteiger partial charge is 0.295 e. The summed E-state index contributed by atoms with van der Waals surface area (Å²) in [5.41, 5.74) is 1.44. The lowest BCUT2D eigenvalue weighted by Gasteiger charge is -2.25. The van der Waals surface area contributed by atoms with Crippen LogP contribution in [0.3, 0.4) is 0 Å². The van der Waals surface area contributed by atoms with Crippen molar-refractivity contribution in [1.82, 2.24) is 4.90 Å². The topological polar surface area (TPSA) is 66.8 Å². The normalized spacial score (nSPS) is 18.1. The molecule has 0 bridgehead atoms. The quantitative estimate of drug-likeness (QED) is 0.246. The van der Waals surface area contributed by atoms with Gasteiger partial charge in [-0.25, -0.2) is 0 Å². The van der Waals surface area contributed by atoms with Crippen molar-refractivity contribution in [3.63, 3.8) is 0 Å². The summed E-state index contributed by atoms with van der Waals surface area (Å²) < 4.78 is 5.60. The first-order chi connectivity index (χ1) is 15.5. The number of aliphatic hydroxyl groups is 1. The van der Waals surface area contributed by atoms with Gasteiger partial charge in [0, 0.05) is 18.7 Å². The van der Waals surface area contributed by atoms with Gasteiger partial charge in [0.1, 0.15) is 5.76 Å². The van der Waals surface area contributed by atoms with Crippen molar-refractivity contribution in [3.05, 3.63) is 89.5 Å². The predicted molar refractivity (Wildman–Crippen MR) is 125 cm³/mol. The van der Waals surface area contributed by atoms with Gasteiger partial charge in [0.25, 0.3) is 11.7 Å². The first-order valence-corrected chi connectivity index (χ1v) is 10.9. The Morgan fingerprint density at radius 3 is 2.38 bits per heavy atom. The molecule has 5 heteroatoms. The first-order valence-electron chi connectivity index (χ1n) is 10.9. The monoisotopic (exact) mass is 429 g/mol. The van der Waals surface area contributed by atoms with Crippen LogP contribution < -0.4 is 0 Å². The summed E-state index contributed by atoms with van der Waals surface area (Å²) in [5, 5.41) is 13.2. The van der Waals surface area contributed by atoms with Gasteiger partial charge in [-0.05, 0) is 42.7 Å². The fourth-order valence-corrected chi connectivity index (χ4v) is 4.14. The van der Waals surface area contributed by atoms with Crippen molar-refractivity contribution >= 4 is 28.2 Å². The molecular weight excluding hydrogens is 402 g/mol.